The van der Waals surface area contributed by atoms with E-state index in [1.165, 1.54) is 11.1 Å². The second-order valence-electron chi connectivity index (χ2n) is 11.5. The number of carbonyl (C=O) groups is 1. The molecule has 1 N–H and O–H groups in total. The molecule has 7 heteroatoms. The number of alkyl carbamates (subject to hydrolysis) is 1. The number of hydrogen-bond donors (Lipinski definition) is 1. The molecule has 0 saturated carbocycles. The van der Waals surface area contributed by atoms with Crippen molar-refractivity contribution in [3.63, 3.8) is 0 Å². The van der Waals surface area contributed by atoms with Crippen LogP contribution in [0.3, 0.4) is 0 Å². The highest BCUT2D eigenvalue weighted by Crippen LogP contribution is 2.46. The van der Waals surface area contributed by atoms with Crippen molar-refractivity contribution in [3.8, 4) is 11.1 Å². The first-order valence-electron chi connectivity index (χ1n) is 13.3. The summed E-state index contributed by atoms with van der Waals surface area (Å²) in [6.07, 6.45) is 2.91. The number of benzene rings is 2. The van der Waals surface area contributed by atoms with Crippen molar-refractivity contribution in [2.24, 2.45) is 11.3 Å². The zero-order valence-electron chi connectivity index (χ0n) is 21.3. The maximum atomic E-state index is 13.0. The van der Waals surface area contributed by atoms with E-state index in [2.05, 4.69) is 65.4 Å². The van der Waals surface area contributed by atoms with E-state index in [4.69, 9.17) is 21.1 Å². The molecule has 2 aromatic carbocycles. The Hall–Kier alpha value is -2.28. The summed E-state index contributed by atoms with van der Waals surface area (Å²) in [5, 5.41) is 4.00. The van der Waals surface area contributed by atoms with Gasteiger partial charge in [0.1, 0.15) is 6.10 Å². The molecule has 0 spiro atoms. The second-order valence-corrected chi connectivity index (χ2v) is 11.9. The van der Waals surface area contributed by atoms with Gasteiger partial charge in [0, 0.05) is 19.6 Å². The summed E-state index contributed by atoms with van der Waals surface area (Å²) in [6.45, 7) is 10.8. The minimum Gasteiger partial charge on any atom is -0.445 e. The van der Waals surface area contributed by atoms with Crippen LogP contribution in [0.1, 0.15) is 43.9 Å². The topological polar surface area (TPSA) is 54.0 Å². The van der Waals surface area contributed by atoms with Gasteiger partial charge in [-0.2, -0.15) is 0 Å². The lowest BCUT2D eigenvalue weighted by atomic mass is 9.85. The minimum atomic E-state index is -0.283. The van der Waals surface area contributed by atoms with E-state index >= 15 is 0 Å². The highest BCUT2D eigenvalue weighted by molar-refractivity contribution is 6.33. The Morgan fingerprint density at radius 2 is 1.78 bits per heavy atom. The number of halogens is 1. The third-order valence-electron chi connectivity index (χ3n) is 8.63. The maximum absolute atomic E-state index is 13.0. The molecule has 192 valence electrons. The third kappa shape index (κ3) is 4.59. The van der Waals surface area contributed by atoms with Crippen molar-refractivity contribution in [2.45, 2.75) is 45.3 Å². The molecule has 4 saturated heterocycles. The van der Waals surface area contributed by atoms with E-state index in [1.807, 2.05) is 0 Å². The minimum absolute atomic E-state index is 0.0176. The van der Waals surface area contributed by atoms with E-state index in [9.17, 15) is 4.79 Å². The van der Waals surface area contributed by atoms with Gasteiger partial charge in [0.05, 0.1) is 30.0 Å². The number of hydrogen-bond acceptors (Lipinski definition) is 5. The van der Waals surface area contributed by atoms with Crippen LogP contribution in [0.15, 0.2) is 36.4 Å². The quantitative estimate of drug-likeness (QED) is 0.607. The molecular weight excluding hydrogens is 474 g/mol. The number of piperidine rings is 3. The van der Waals surface area contributed by atoms with Gasteiger partial charge >= 0.3 is 6.09 Å². The van der Waals surface area contributed by atoms with Gasteiger partial charge in [-0.25, -0.2) is 4.79 Å². The molecular formula is C29H36ClN3O3. The fourth-order valence-electron chi connectivity index (χ4n) is 6.59. The SMILES string of the molecule is CC1(C)Cc2cc(-c3ccc(N4CCOCC4)c(Cl)c3)ccc2C1NC(=O)O[C@@H]1CN2CCC1CC2. The average Bonchev–Trinajstić information content (AvgIpc) is 3.13. The fourth-order valence-corrected chi connectivity index (χ4v) is 6.89. The summed E-state index contributed by atoms with van der Waals surface area (Å²) in [6, 6.07) is 12.8. The Kier molecular flexibility index (Phi) is 6.39. The Bertz CT molecular complexity index is 1140. The summed E-state index contributed by atoms with van der Waals surface area (Å²) in [5.74, 6) is 0.508. The Morgan fingerprint density at radius 1 is 1.06 bits per heavy atom. The molecule has 0 radical (unpaired) electrons. The van der Waals surface area contributed by atoms with Crippen molar-refractivity contribution >= 4 is 23.4 Å². The lowest BCUT2D eigenvalue weighted by molar-refractivity contribution is -0.0348. The molecule has 2 atom stereocenters. The maximum Gasteiger partial charge on any atom is 0.407 e. The Balaban J connectivity index is 1.18. The number of ether oxygens (including phenoxy) is 2. The lowest BCUT2D eigenvalue weighted by Crippen LogP contribution is -2.53. The van der Waals surface area contributed by atoms with E-state index in [1.54, 1.807) is 0 Å². The molecule has 4 aliphatic heterocycles. The molecule has 1 amide bonds. The summed E-state index contributed by atoms with van der Waals surface area (Å²) >= 11 is 6.71. The van der Waals surface area contributed by atoms with Crippen molar-refractivity contribution in [1.82, 2.24) is 10.2 Å². The highest BCUT2D eigenvalue weighted by Gasteiger charge is 2.42. The zero-order valence-corrected chi connectivity index (χ0v) is 22.0. The number of morpholine rings is 1. The average molecular weight is 510 g/mol. The molecule has 2 bridgehead atoms. The lowest BCUT2D eigenvalue weighted by Gasteiger charge is -2.44. The van der Waals surface area contributed by atoms with Crippen molar-refractivity contribution in [1.29, 1.82) is 0 Å². The first kappa shape index (κ1) is 24.1. The van der Waals surface area contributed by atoms with Crippen molar-refractivity contribution < 1.29 is 14.3 Å². The van der Waals surface area contributed by atoms with Crippen LogP contribution in [-0.2, 0) is 15.9 Å². The van der Waals surface area contributed by atoms with Gasteiger partial charge in [0.15, 0.2) is 0 Å². The van der Waals surface area contributed by atoms with E-state index in [0.29, 0.717) is 5.92 Å². The van der Waals surface area contributed by atoms with Gasteiger partial charge in [0.2, 0.25) is 0 Å². The molecule has 4 fully saturated rings. The Labute approximate surface area is 218 Å². The van der Waals surface area contributed by atoms with Gasteiger partial charge in [-0.15, -0.1) is 0 Å². The van der Waals surface area contributed by atoms with Crippen LogP contribution < -0.4 is 10.2 Å². The molecule has 6 nitrogen and oxygen atoms in total. The number of nitrogens with one attached hydrogen (secondary N) is 1. The first-order chi connectivity index (χ1) is 17.4. The highest BCUT2D eigenvalue weighted by atomic mass is 35.5. The van der Waals surface area contributed by atoms with Gasteiger partial charge in [-0.1, -0.05) is 49.7 Å². The first-order valence-corrected chi connectivity index (χ1v) is 13.7. The summed E-state index contributed by atoms with van der Waals surface area (Å²) < 4.78 is 11.4. The molecule has 7 rings (SSSR count). The molecule has 0 aromatic heterocycles. The molecule has 4 heterocycles. The summed E-state index contributed by atoms with van der Waals surface area (Å²) in [4.78, 5) is 17.6. The summed E-state index contributed by atoms with van der Waals surface area (Å²) in [7, 11) is 0. The van der Waals surface area contributed by atoms with Crippen LogP contribution in [-0.4, -0.2) is 63.0 Å². The van der Waals surface area contributed by atoms with E-state index < -0.39 is 0 Å². The van der Waals surface area contributed by atoms with E-state index in [-0.39, 0.29) is 23.7 Å². The van der Waals surface area contributed by atoms with Crippen molar-refractivity contribution in [3.05, 3.63) is 52.5 Å². The second kappa shape index (κ2) is 9.55. The number of rotatable bonds is 4. The van der Waals surface area contributed by atoms with Crippen LogP contribution in [0, 0.1) is 11.3 Å². The van der Waals surface area contributed by atoms with Crippen LogP contribution >= 0.6 is 11.6 Å². The van der Waals surface area contributed by atoms with Crippen molar-refractivity contribution in [2.75, 3.05) is 50.8 Å². The molecule has 2 aromatic rings. The third-order valence-corrected chi connectivity index (χ3v) is 8.93. The predicted molar refractivity (Wildman–Crippen MR) is 143 cm³/mol. The molecule has 5 aliphatic rings. The largest absolute Gasteiger partial charge is 0.445 e. The monoisotopic (exact) mass is 509 g/mol. The van der Waals surface area contributed by atoms with Gasteiger partial charge < -0.3 is 19.7 Å². The van der Waals surface area contributed by atoms with Gasteiger partial charge in [-0.05, 0) is 78.1 Å². The number of fused-ring (bicyclic) bond motifs is 4. The van der Waals surface area contributed by atoms with Gasteiger partial charge in [0.25, 0.3) is 0 Å². The zero-order chi connectivity index (χ0) is 24.9. The van der Waals surface area contributed by atoms with Crippen LogP contribution in [0.4, 0.5) is 10.5 Å². The predicted octanol–water partition coefficient (Wildman–Crippen LogP) is 5.29. The van der Waals surface area contributed by atoms with Gasteiger partial charge in [-0.3, -0.25) is 4.90 Å². The standard InChI is InChI=1S/C29H36ClN3O3/c1-29(2)17-22-15-20(21-4-6-25(24(30)16-21)33-11-13-35-14-12-33)3-5-23(22)27(29)31-28(34)36-26-18-32-9-7-19(26)8-10-32/h3-6,15-16,19,26-27H,7-14,17-18H2,1-2H3,(H,31,34)/t26-,27?/m1/s1. The normalized spacial score (nSPS) is 28.6. The number of carbonyl (C=O) groups excluding carboxylic acids is 1. The summed E-state index contributed by atoms with van der Waals surface area (Å²) in [5.41, 5.74) is 5.69. The number of amides is 1. The van der Waals surface area contributed by atoms with E-state index in [0.717, 1.165) is 87.0 Å². The fraction of sp³-hybridized carbons (Fsp3) is 0.552. The van der Waals surface area contributed by atoms with Crippen LogP contribution in [0.25, 0.3) is 11.1 Å². The van der Waals surface area contributed by atoms with Crippen LogP contribution in [0.5, 0.6) is 0 Å². The van der Waals surface area contributed by atoms with Crippen LogP contribution in [0.2, 0.25) is 5.02 Å². The molecule has 1 aliphatic carbocycles. The smallest absolute Gasteiger partial charge is 0.407 e. The number of anilines is 1. The molecule has 36 heavy (non-hydrogen) atoms. The Morgan fingerprint density at radius 3 is 2.47 bits per heavy atom. The molecule has 1 unspecified atom stereocenters. The number of nitrogens with zero attached hydrogens (tertiary/aromatic N) is 2.